The van der Waals surface area contributed by atoms with Crippen LogP contribution in [0.3, 0.4) is 0 Å². The third kappa shape index (κ3) is 11.3. The van der Waals surface area contributed by atoms with Gasteiger partial charge in [-0.15, -0.1) is 11.8 Å². The van der Waals surface area contributed by atoms with Gasteiger partial charge in [-0.1, -0.05) is 80.3 Å². The second-order valence-corrected chi connectivity index (χ2v) is 9.76. The van der Waals surface area contributed by atoms with Crippen molar-refractivity contribution in [3.05, 3.63) is 71.3 Å². The molecule has 2 rings (SSSR count). The molecule has 0 radical (unpaired) electrons. The number of carboxylic acids is 1. The van der Waals surface area contributed by atoms with E-state index in [4.69, 9.17) is 14.6 Å². The van der Waals surface area contributed by atoms with Crippen LogP contribution in [0.4, 0.5) is 0 Å². The molecule has 0 spiro atoms. The lowest BCUT2D eigenvalue weighted by atomic mass is 9.96. The minimum absolute atomic E-state index is 0.216. The van der Waals surface area contributed by atoms with Crippen molar-refractivity contribution in [1.29, 1.82) is 0 Å². The number of aliphatic carboxylic acids is 1. The van der Waals surface area contributed by atoms with Gasteiger partial charge in [0.15, 0.2) is 6.10 Å². The number of ether oxygens (including phenoxy) is 2. The van der Waals surface area contributed by atoms with Crippen LogP contribution >= 0.6 is 11.8 Å². The Morgan fingerprint density at radius 1 is 0.886 bits per heavy atom. The number of aliphatic hydroxyl groups is 1. The van der Waals surface area contributed by atoms with Crippen molar-refractivity contribution >= 4 is 23.7 Å². The second kappa shape index (κ2) is 17.1. The van der Waals surface area contributed by atoms with Crippen molar-refractivity contribution in [2.45, 2.75) is 62.7 Å². The number of aryl methyl sites for hydroxylation is 2. The van der Waals surface area contributed by atoms with Gasteiger partial charge in [-0.05, 0) is 42.4 Å². The van der Waals surface area contributed by atoms with Gasteiger partial charge in [-0.25, -0.2) is 9.59 Å². The fourth-order valence-corrected chi connectivity index (χ4v) is 5.20. The van der Waals surface area contributed by atoms with E-state index < -0.39 is 23.3 Å². The lowest BCUT2D eigenvalue weighted by Gasteiger charge is -2.24. The second-order valence-electron chi connectivity index (χ2n) is 8.51. The summed E-state index contributed by atoms with van der Waals surface area (Å²) in [6.07, 6.45) is 7.76. The van der Waals surface area contributed by atoms with Gasteiger partial charge < -0.3 is 19.7 Å². The number of hydrogen-bond acceptors (Lipinski definition) is 6. The first-order valence-electron chi connectivity index (χ1n) is 12.3. The zero-order valence-corrected chi connectivity index (χ0v) is 21.4. The summed E-state index contributed by atoms with van der Waals surface area (Å²) < 4.78 is 9.88. The van der Waals surface area contributed by atoms with E-state index in [2.05, 4.69) is 30.3 Å². The lowest BCUT2D eigenvalue weighted by molar-refractivity contribution is -0.150. The molecule has 0 bridgehead atoms. The minimum Gasteiger partial charge on any atom is -0.480 e. The summed E-state index contributed by atoms with van der Waals surface area (Å²) in [5.41, 5.74) is 3.43. The lowest BCUT2D eigenvalue weighted by Crippen LogP contribution is -2.28. The molecule has 6 nitrogen and oxygen atoms in total. The van der Waals surface area contributed by atoms with Crippen molar-refractivity contribution in [2.75, 3.05) is 26.1 Å². The van der Waals surface area contributed by atoms with Gasteiger partial charge in [0, 0.05) is 5.75 Å². The topological polar surface area (TPSA) is 93.1 Å². The predicted molar refractivity (Wildman–Crippen MR) is 140 cm³/mol. The average Bonchev–Trinajstić information content (AvgIpc) is 2.87. The monoisotopic (exact) mass is 502 g/mol. The summed E-state index contributed by atoms with van der Waals surface area (Å²) in [6.45, 7) is -0.151. The fourth-order valence-electron chi connectivity index (χ4n) is 4.02. The first-order chi connectivity index (χ1) is 17.0. The summed E-state index contributed by atoms with van der Waals surface area (Å²) >= 11 is 1.37. The highest BCUT2D eigenvalue weighted by atomic mass is 32.2. The first kappa shape index (κ1) is 28.9. The number of carbonyl (C=O) groups excluding carboxylic acids is 1. The van der Waals surface area contributed by atoms with Gasteiger partial charge in [0.05, 0.1) is 19.0 Å². The zero-order valence-electron chi connectivity index (χ0n) is 20.6. The van der Waals surface area contributed by atoms with Crippen LogP contribution in [0.1, 0.15) is 60.5 Å². The summed E-state index contributed by atoms with van der Waals surface area (Å²) in [4.78, 5) is 22.7. The molecule has 0 aromatic heterocycles. The van der Waals surface area contributed by atoms with E-state index in [0.717, 1.165) is 36.8 Å². The molecule has 0 aliphatic rings. The highest BCUT2D eigenvalue weighted by molar-refractivity contribution is 7.99. The maximum atomic E-state index is 12.1. The molecular weight excluding hydrogens is 464 g/mol. The Balaban J connectivity index is 1.82. The van der Waals surface area contributed by atoms with Crippen LogP contribution in [0.5, 0.6) is 0 Å². The molecule has 2 N–H and O–H groups in total. The summed E-state index contributed by atoms with van der Waals surface area (Å²) in [7, 11) is 1.26. The molecular formula is C28H38O6S. The molecule has 7 heteroatoms. The average molecular weight is 503 g/mol. The Morgan fingerprint density at radius 2 is 1.51 bits per heavy atom. The van der Waals surface area contributed by atoms with E-state index in [9.17, 15) is 14.7 Å². The van der Waals surface area contributed by atoms with Crippen molar-refractivity contribution in [3.63, 3.8) is 0 Å². The molecule has 192 valence electrons. The summed E-state index contributed by atoms with van der Waals surface area (Å²) in [6, 6.07) is 18.5. The van der Waals surface area contributed by atoms with Crippen LogP contribution in [-0.2, 0) is 31.9 Å². The Hall–Kier alpha value is -2.35. The number of esters is 1. The van der Waals surface area contributed by atoms with Crippen LogP contribution in [0.2, 0.25) is 0 Å². The van der Waals surface area contributed by atoms with Crippen molar-refractivity contribution in [2.24, 2.45) is 0 Å². The van der Waals surface area contributed by atoms with Crippen molar-refractivity contribution in [1.82, 2.24) is 0 Å². The molecule has 0 saturated heterocycles. The maximum absolute atomic E-state index is 12.1. The van der Waals surface area contributed by atoms with Gasteiger partial charge in [0.2, 0.25) is 0 Å². The standard InChI is InChI=1S/C28H38O6S/c1-33-28(32)26(31)27(35-20-19-34-21-25(29)30)24-18-12-11-17-23(24)16-10-5-3-2-4-7-13-22-14-8-6-9-15-22/h6,8-9,11-12,14-15,17-18,26-27,31H,2-5,7,10,13,16,19-21H2,1H3,(H,29,30). The van der Waals surface area contributed by atoms with Gasteiger partial charge in [0.25, 0.3) is 0 Å². The van der Waals surface area contributed by atoms with E-state index in [-0.39, 0.29) is 13.2 Å². The molecule has 0 saturated carbocycles. The Labute approximate surface area is 213 Å². The zero-order chi connectivity index (χ0) is 25.3. The SMILES string of the molecule is COC(=O)C(O)C(SCCOCC(=O)O)c1ccccc1CCCCCCCCc1ccccc1. The number of unbranched alkanes of at least 4 members (excludes halogenated alkanes) is 5. The number of benzene rings is 2. The Bertz CT molecular complexity index is 873. The molecule has 2 aromatic rings. The summed E-state index contributed by atoms with van der Waals surface area (Å²) in [5.74, 6) is -1.26. The van der Waals surface area contributed by atoms with Crippen molar-refractivity contribution < 1.29 is 29.3 Å². The Kier molecular flexibility index (Phi) is 14.1. The highest BCUT2D eigenvalue weighted by Gasteiger charge is 2.30. The molecule has 0 heterocycles. The Morgan fingerprint density at radius 3 is 2.20 bits per heavy atom. The largest absolute Gasteiger partial charge is 0.480 e. The molecule has 2 atom stereocenters. The van der Waals surface area contributed by atoms with E-state index in [1.807, 2.05) is 24.3 Å². The van der Waals surface area contributed by atoms with Crippen LogP contribution in [0, 0.1) is 0 Å². The number of aliphatic hydroxyl groups excluding tert-OH is 1. The number of hydrogen-bond donors (Lipinski definition) is 2. The molecule has 2 unspecified atom stereocenters. The smallest absolute Gasteiger partial charge is 0.336 e. The molecule has 0 amide bonds. The summed E-state index contributed by atoms with van der Waals surface area (Å²) in [5, 5.41) is 18.8. The quantitative estimate of drug-likeness (QED) is 0.213. The third-order valence-corrected chi connectivity index (χ3v) is 7.12. The van der Waals surface area contributed by atoms with Gasteiger partial charge >= 0.3 is 11.9 Å². The minimum atomic E-state index is -1.31. The van der Waals surface area contributed by atoms with Crippen LogP contribution in [0.15, 0.2) is 54.6 Å². The molecule has 0 aliphatic heterocycles. The van der Waals surface area contributed by atoms with Crippen molar-refractivity contribution in [3.8, 4) is 0 Å². The maximum Gasteiger partial charge on any atom is 0.336 e. The molecule has 2 aromatic carbocycles. The van der Waals surface area contributed by atoms with E-state index in [0.29, 0.717) is 5.75 Å². The fraction of sp³-hybridized carbons (Fsp3) is 0.500. The predicted octanol–water partition coefficient (Wildman–Crippen LogP) is 5.22. The van der Waals surface area contributed by atoms with Gasteiger partial charge in [-0.3, -0.25) is 0 Å². The number of methoxy groups -OCH3 is 1. The molecule has 0 aliphatic carbocycles. The van der Waals surface area contributed by atoms with Gasteiger partial charge in [0.1, 0.15) is 6.61 Å². The van der Waals surface area contributed by atoms with Crippen LogP contribution in [0.25, 0.3) is 0 Å². The molecule has 0 fully saturated rings. The first-order valence-corrected chi connectivity index (χ1v) is 13.4. The van der Waals surface area contributed by atoms with Gasteiger partial charge in [-0.2, -0.15) is 0 Å². The number of carbonyl (C=O) groups is 2. The van der Waals surface area contributed by atoms with E-state index in [1.165, 1.54) is 50.1 Å². The number of carboxylic acid groups (broad SMARTS) is 1. The van der Waals surface area contributed by atoms with E-state index >= 15 is 0 Å². The number of rotatable bonds is 18. The third-order valence-electron chi connectivity index (χ3n) is 5.85. The highest BCUT2D eigenvalue weighted by Crippen LogP contribution is 2.35. The van der Waals surface area contributed by atoms with E-state index in [1.54, 1.807) is 0 Å². The van der Waals surface area contributed by atoms with Crippen LogP contribution < -0.4 is 0 Å². The number of thioether (sulfide) groups is 1. The van der Waals surface area contributed by atoms with Crippen LogP contribution in [-0.4, -0.2) is 54.3 Å². The molecule has 35 heavy (non-hydrogen) atoms. The normalized spacial score (nSPS) is 12.7.